The lowest BCUT2D eigenvalue weighted by Gasteiger charge is -2.20. The Morgan fingerprint density at radius 3 is 1.53 bits per heavy atom. The van der Waals surface area contributed by atoms with Crippen LogP contribution in [0.5, 0.6) is 11.5 Å². The second kappa shape index (κ2) is 17.2. The molecule has 0 bridgehead atoms. The highest BCUT2D eigenvalue weighted by molar-refractivity contribution is 5.45. The second-order valence-corrected chi connectivity index (χ2v) is 11.3. The maximum atomic E-state index is 13.2. The lowest BCUT2D eigenvalue weighted by molar-refractivity contribution is -0.138. The Balaban J connectivity index is 0.000000233. The number of benzene rings is 3. The number of nitriles is 2. The molecule has 2 heterocycles. The number of rotatable bonds is 10. The first-order valence-electron chi connectivity index (χ1n) is 15.8. The van der Waals surface area contributed by atoms with Crippen LogP contribution in [-0.2, 0) is 18.8 Å². The topological polar surface area (TPSA) is 91.8 Å². The third-order valence-electron chi connectivity index (χ3n) is 7.52. The Kier molecular flexibility index (Phi) is 12.8. The number of alkyl halides is 6. The molecule has 0 spiro atoms. The van der Waals surface area contributed by atoms with E-state index in [1.54, 1.807) is 60.9 Å². The standard InChI is InChI=1S/C22H17F3N2O.C17H15F3N2O/c1-15-5-7-16(8-6-15)12-21(20-4-2-3-11-27-20)28-18-10-9-17(14-26)19(13-18)22(23,24)25;1-2-5-16(15-6-3-4-9-22-15)23-13-8-7-12(11-21)14(10-13)17(18,19)20/h2-11,13,21H,12H2,1H3;3-4,6-10,16H,2,5H2,1H3. The summed E-state index contributed by atoms with van der Waals surface area (Å²) in [7, 11) is 0. The van der Waals surface area contributed by atoms with Gasteiger partial charge < -0.3 is 9.47 Å². The number of hydrogen-bond acceptors (Lipinski definition) is 6. The van der Waals surface area contributed by atoms with E-state index >= 15 is 0 Å². The van der Waals surface area contributed by atoms with Crippen molar-refractivity contribution < 1.29 is 35.8 Å². The van der Waals surface area contributed by atoms with Gasteiger partial charge >= 0.3 is 12.4 Å². The molecule has 6 nitrogen and oxygen atoms in total. The average molecular weight is 703 g/mol. The summed E-state index contributed by atoms with van der Waals surface area (Å²) in [5, 5.41) is 17.8. The van der Waals surface area contributed by atoms with Crippen LogP contribution in [-0.4, -0.2) is 9.97 Å². The molecule has 2 aromatic heterocycles. The van der Waals surface area contributed by atoms with Crippen molar-refractivity contribution in [2.75, 3.05) is 0 Å². The predicted molar refractivity (Wildman–Crippen MR) is 177 cm³/mol. The van der Waals surface area contributed by atoms with E-state index in [1.807, 2.05) is 38.1 Å². The van der Waals surface area contributed by atoms with Crippen molar-refractivity contribution in [1.82, 2.24) is 9.97 Å². The number of halogens is 6. The quantitative estimate of drug-likeness (QED) is 0.135. The van der Waals surface area contributed by atoms with Crippen LogP contribution >= 0.6 is 0 Å². The Labute approximate surface area is 291 Å². The van der Waals surface area contributed by atoms with Crippen LogP contribution in [0.2, 0.25) is 0 Å². The van der Waals surface area contributed by atoms with Crippen LogP contribution in [0.15, 0.2) is 109 Å². The van der Waals surface area contributed by atoms with Gasteiger partial charge in [-0.15, -0.1) is 0 Å². The van der Waals surface area contributed by atoms with E-state index in [4.69, 9.17) is 20.0 Å². The van der Waals surface area contributed by atoms with Crippen molar-refractivity contribution >= 4 is 0 Å². The predicted octanol–water partition coefficient (Wildman–Crippen LogP) is 10.5. The monoisotopic (exact) mass is 702 g/mol. The Morgan fingerprint density at radius 1 is 0.647 bits per heavy atom. The molecular weight excluding hydrogens is 670 g/mol. The first-order chi connectivity index (χ1) is 24.3. The van der Waals surface area contributed by atoms with Crippen LogP contribution in [0.3, 0.4) is 0 Å². The summed E-state index contributed by atoms with van der Waals surface area (Å²) in [6.07, 6.45) is -5.16. The van der Waals surface area contributed by atoms with Gasteiger partial charge in [-0.25, -0.2) is 0 Å². The molecule has 0 saturated carbocycles. The summed E-state index contributed by atoms with van der Waals surface area (Å²) in [5.41, 5.74) is 0.499. The fourth-order valence-electron chi connectivity index (χ4n) is 4.99. The van der Waals surface area contributed by atoms with Crippen LogP contribution < -0.4 is 9.47 Å². The zero-order chi connectivity index (χ0) is 37.0. The largest absolute Gasteiger partial charge is 0.484 e. The molecule has 0 N–H and O–H groups in total. The molecule has 0 fully saturated rings. The second-order valence-electron chi connectivity index (χ2n) is 11.3. The van der Waals surface area contributed by atoms with E-state index in [2.05, 4.69) is 9.97 Å². The number of ether oxygens (including phenoxy) is 2. The molecular formula is C39H32F6N4O2. The van der Waals surface area contributed by atoms with Gasteiger partial charge in [-0.2, -0.15) is 36.9 Å². The van der Waals surface area contributed by atoms with Crippen LogP contribution in [0.1, 0.15) is 76.7 Å². The van der Waals surface area contributed by atoms with Gasteiger partial charge in [0.1, 0.15) is 23.7 Å². The van der Waals surface area contributed by atoms with Crippen molar-refractivity contribution in [2.24, 2.45) is 0 Å². The summed E-state index contributed by atoms with van der Waals surface area (Å²) in [4.78, 5) is 8.49. The molecule has 0 amide bonds. The number of aromatic nitrogens is 2. The van der Waals surface area contributed by atoms with E-state index in [-0.39, 0.29) is 11.5 Å². The first kappa shape index (κ1) is 37.9. The highest BCUT2D eigenvalue weighted by Crippen LogP contribution is 2.37. The Hall–Kier alpha value is -5.88. The maximum Gasteiger partial charge on any atom is 0.417 e. The van der Waals surface area contributed by atoms with Gasteiger partial charge in [0.15, 0.2) is 0 Å². The van der Waals surface area contributed by atoms with Gasteiger partial charge in [0.2, 0.25) is 0 Å². The third-order valence-corrected chi connectivity index (χ3v) is 7.52. The van der Waals surface area contributed by atoms with Gasteiger partial charge in [-0.1, -0.05) is 55.3 Å². The van der Waals surface area contributed by atoms with E-state index in [1.165, 1.54) is 12.1 Å². The molecule has 0 aliphatic heterocycles. The molecule has 0 aliphatic carbocycles. The fourth-order valence-corrected chi connectivity index (χ4v) is 4.99. The molecule has 51 heavy (non-hydrogen) atoms. The minimum absolute atomic E-state index is 0.0362. The molecule has 2 atom stereocenters. The van der Waals surface area contributed by atoms with E-state index < -0.39 is 46.8 Å². The number of pyridine rings is 2. The van der Waals surface area contributed by atoms with E-state index in [0.29, 0.717) is 24.2 Å². The van der Waals surface area contributed by atoms with Crippen LogP contribution in [0.4, 0.5) is 26.3 Å². The SMILES string of the molecule is CCCC(Oc1ccc(C#N)c(C(F)(F)F)c1)c1ccccn1.Cc1ccc(CC(Oc2ccc(C#N)c(C(F)(F)F)c2)c2ccccn2)cc1. The molecule has 0 radical (unpaired) electrons. The molecule has 262 valence electrons. The van der Waals surface area contributed by atoms with Crippen molar-refractivity contribution in [1.29, 1.82) is 10.5 Å². The van der Waals surface area contributed by atoms with Gasteiger partial charge in [-0.3, -0.25) is 9.97 Å². The zero-order valence-corrected chi connectivity index (χ0v) is 27.5. The Bertz CT molecular complexity index is 1950. The summed E-state index contributed by atoms with van der Waals surface area (Å²) in [6.45, 7) is 3.94. The first-order valence-corrected chi connectivity index (χ1v) is 15.8. The summed E-state index contributed by atoms with van der Waals surface area (Å²) in [6, 6.07) is 28.4. The van der Waals surface area contributed by atoms with Crippen LogP contribution in [0.25, 0.3) is 0 Å². The number of nitrogens with zero attached hydrogens (tertiary/aromatic N) is 4. The highest BCUT2D eigenvalue weighted by Gasteiger charge is 2.35. The van der Waals surface area contributed by atoms with Gasteiger partial charge in [0, 0.05) is 18.8 Å². The van der Waals surface area contributed by atoms with Gasteiger partial charge in [-0.05, 0) is 79.6 Å². The summed E-state index contributed by atoms with van der Waals surface area (Å²) < 4.78 is 90.3. The molecule has 12 heteroatoms. The normalized spacial score (nSPS) is 12.4. The summed E-state index contributed by atoms with van der Waals surface area (Å²) in [5.74, 6) is 0.106. The highest BCUT2D eigenvalue weighted by atomic mass is 19.4. The number of hydrogen-bond donors (Lipinski definition) is 0. The van der Waals surface area contributed by atoms with Gasteiger partial charge in [0.25, 0.3) is 0 Å². The minimum Gasteiger partial charge on any atom is -0.484 e. The smallest absolute Gasteiger partial charge is 0.417 e. The molecule has 3 aromatic carbocycles. The lowest BCUT2D eigenvalue weighted by Crippen LogP contribution is -2.14. The minimum atomic E-state index is -4.64. The van der Waals surface area contributed by atoms with Crippen molar-refractivity contribution in [3.05, 3.63) is 154 Å². The summed E-state index contributed by atoms with van der Waals surface area (Å²) >= 11 is 0. The van der Waals surface area contributed by atoms with E-state index in [0.717, 1.165) is 41.8 Å². The van der Waals surface area contributed by atoms with E-state index in [9.17, 15) is 26.3 Å². The molecule has 2 unspecified atom stereocenters. The molecule has 5 rings (SSSR count). The third kappa shape index (κ3) is 10.8. The zero-order valence-electron chi connectivity index (χ0n) is 27.5. The van der Waals surface area contributed by atoms with Crippen molar-refractivity contribution in [2.45, 2.75) is 57.7 Å². The Morgan fingerprint density at radius 2 is 1.12 bits per heavy atom. The van der Waals surface area contributed by atoms with Crippen LogP contribution in [0, 0.1) is 29.6 Å². The average Bonchev–Trinajstić information content (AvgIpc) is 3.12. The fraction of sp³-hybridized carbons (Fsp3) is 0.231. The van der Waals surface area contributed by atoms with Crippen molar-refractivity contribution in [3.63, 3.8) is 0 Å². The molecule has 0 aliphatic rings. The van der Waals surface area contributed by atoms with Crippen molar-refractivity contribution in [3.8, 4) is 23.6 Å². The maximum absolute atomic E-state index is 13.2. The molecule has 5 aromatic rings. The molecule has 0 saturated heterocycles. The lowest BCUT2D eigenvalue weighted by atomic mass is 10.0. The van der Waals surface area contributed by atoms with Gasteiger partial charge in [0.05, 0.1) is 45.8 Å². The number of aryl methyl sites for hydroxylation is 1.